The van der Waals surface area contributed by atoms with Gasteiger partial charge in [-0.05, 0) is 60.9 Å². The van der Waals surface area contributed by atoms with E-state index in [1.54, 1.807) is 43.6 Å². The summed E-state index contributed by atoms with van der Waals surface area (Å²) in [5.74, 6) is 1.13. The van der Waals surface area contributed by atoms with E-state index in [-0.39, 0.29) is 23.9 Å². The van der Waals surface area contributed by atoms with Gasteiger partial charge in [0.15, 0.2) is 11.5 Å². The van der Waals surface area contributed by atoms with E-state index in [1.807, 2.05) is 24.3 Å². The monoisotopic (exact) mass is 488 g/mol. The third-order valence-corrected chi connectivity index (χ3v) is 5.69. The topological polar surface area (TPSA) is 108 Å². The van der Waals surface area contributed by atoms with Gasteiger partial charge in [0.2, 0.25) is 11.7 Å². The number of hydrogen-bond acceptors (Lipinski definition) is 7. The second-order valence-corrected chi connectivity index (χ2v) is 8.20. The first-order valence-electron chi connectivity index (χ1n) is 11.7. The first-order chi connectivity index (χ1) is 17.5. The zero-order valence-electron chi connectivity index (χ0n) is 20.5. The molecule has 0 aliphatic heterocycles. The average Bonchev–Trinajstić information content (AvgIpc) is 3.39. The average molecular weight is 489 g/mol. The molecular formula is C27H28N4O5. The van der Waals surface area contributed by atoms with Crippen LogP contribution in [0.3, 0.4) is 0 Å². The second-order valence-electron chi connectivity index (χ2n) is 8.20. The molecular weight excluding hydrogens is 460 g/mol. The van der Waals surface area contributed by atoms with Gasteiger partial charge < -0.3 is 23.9 Å². The molecule has 1 amide bonds. The number of ether oxygens (including phenoxy) is 2. The molecule has 0 atom stereocenters. The Labute approximate surface area is 208 Å². The van der Waals surface area contributed by atoms with Crippen molar-refractivity contribution >= 4 is 11.6 Å². The maximum Gasteiger partial charge on any atom is 0.263 e. The molecule has 0 saturated heterocycles. The van der Waals surface area contributed by atoms with Crippen LogP contribution >= 0.6 is 0 Å². The Hall–Kier alpha value is -4.40. The molecule has 1 N–H and O–H groups in total. The van der Waals surface area contributed by atoms with E-state index < -0.39 is 5.56 Å². The molecule has 0 spiro atoms. The summed E-state index contributed by atoms with van der Waals surface area (Å²) in [7, 11) is 3.09. The summed E-state index contributed by atoms with van der Waals surface area (Å²) in [6.45, 7) is 2.00. The fourth-order valence-electron chi connectivity index (χ4n) is 3.74. The number of anilines is 1. The summed E-state index contributed by atoms with van der Waals surface area (Å²) >= 11 is 0. The van der Waals surface area contributed by atoms with Gasteiger partial charge in [0.25, 0.3) is 11.4 Å². The van der Waals surface area contributed by atoms with Gasteiger partial charge in [-0.3, -0.25) is 9.59 Å². The maximum atomic E-state index is 13.1. The Morgan fingerprint density at radius 3 is 2.56 bits per heavy atom. The molecule has 2 aromatic carbocycles. The summed E-state index contributed by atoms with van der Waals surface area (Å²) in [4.78, 5) is 30.0. The Bertz CT molecular complexity index is 1390. The highest BCUT2D eigenvalue weighted by atomic mass is 16.5. The molecule has 9 nitrogen and oxygen atoms in total. The number of carbonyl (C=O) groups excluding carboxylic acids is 1. The Morgan fingerprint density at radius 1 is 1.06 bits per heavy atom. The van der Waals surface area contributed by atoms with Crippen molar-refractivity contribution in [3.63, 3.8) is 0 Å². The maximum absolute atomic E-state index is 13.1. The lowest BCUT2D eigenvalue weighted by molar-refractivity contribution is -0.116. The Balaban J connectivity index is 1.49. The molecule has 36 heavy (non-hydrogen) atoms. The number of nitrogens with zero attached hydrogens (tertiary/aromatic N) is 3. The number of rotatable bonds is 10. The van der Waals surface area contributed by atoms with Gasteiger partial charge in [0.1, 0.15) is 12.1 Å². The smallest absolute Gasteiger partial charge is 0.263 e. The SMILES string of the molecule is CCCCc1ccc(NC(=O)Cn2cccc(-c3nc(-c4ccc(OC)c(OC)c4)no3)c2=O)cc1. The van der Waals surface area contributed by atoms with E-state index in [0.29, 0.717) is 28.6 Å². The van der Waals surface area contributed by atoms with Crippen LogP contribution in [-0.2, 0) is 17.8 Å². The molecule has 9 heteroatoms. The summed E-state index contributed by atoms with van der Waals surface area (Å²) in [6, 6.07) is 16.2. The predicted octanol–water partition coefficient (Wildman–Crippen LogP) is 4.56. The van der Waals surface area contributed by atoms with E-state index in [4.69, 9.17) is 14.0 Å². The summed E-state index contributed by atoms with van der Waals surface area (Å²) in [6.07, 6.45) is 4.81. The molecule has 0 bridgehead atoms. The number of pyridine rings is 1. The van der Waals surface area contributed by atoms with Crippen molar-refractivity contribution in [1.29, 1.82) is 0 Å². The van der Waals surface area contributed by atoms with Crippen LogP contribution in [0.15, 0.2) is 70.1 Å². The van der Waals surface area contributed by atoms with E-state index in [0.717, 1.165) is 19.3 Å². The fraction of sp³-hybridized carbons (Fsp3) is 0.259. The number of amides is 1. The van der Waals surface area contributed by atoms with Crippen LogP contribution in [-0.4, -0.2) is 34.8 Å². The Kier molecular flexibility index (Phi) is 7.79. The van der Waals surface area contributed by atoms with Crippen LogP contribution in [0.25, 0.3) is 22.8 Å². The second kappa shape index (κ2) is 11.4. The quantitative estimate of drug-likeness (QED) is 0.348. The minimum Gasteiger partial charge on any atom is -0.493 e. The van der Waals surface area contributed by atoms with E-state index in [9.17, 15) is 9.59 Å². The highest BCUT2D eigenvalue weighted by molar-refractivity contribution is 5.90. The molecule has 186 valence electrons. The lowest BCUT2D eigenvalue weighted by Gasteiger charge is -2.09. The third kappa shape index (κ3) is 5.63. The molecule has 4 aromatic rings. The number of carbonyl (C=O) groups is 1. The number of aromatic nitrogens is 3. The van der Waals surface area contributed by atoms with Gasteiger partial charge in [-0.15, -0.1) is 0 Å². The molecule has 2 aromatic heterocycles. The molecule has 4 rings (SSSR count). The van der Waals surface area contributed by atoms with Gasteiger partial charge in [-0.1, -0.05) is 30.6 Å². The number of nitrogens with one attached hydrogen (secondary N) is 1. The van der Waals surface area contributed by atoms with E-state index in [1.165, 1.54) is 17.2 Å². The number of benzene rings is 2. The van der Waals surface area contributed by atoms with Crippen molar-refractivity contribution < 1.29 is 18.8 Å². The normalized spacial score (nSPS) is 10.8. The summed E-state index contributed by atoms with van der Waals surface area (Å²) < 4.78 is 17.2. The van der Waals surface area contributed by atoms with Gasteiger partial charge in [0, 0.05) is 17.4 Å². The van der Waals surface area contributed by atoms with Crippen LogP contribution in [0.4, 0.5) is 5.69 Å². The van der Waals surface area contributed by atoms with Crippen molar-refractivity contribution in [3.8, 4) is 34.3 Å². The fourth-order valence-corrected chi connectivity index (χ4v) is 3.74. The lowest BCUT2D eigenvalue weighted by atomic mass is 10.1. The zero-order valence-corrected chi connectivity index (χ0v) is 20.5. The first-order valence-corrected chi connectivity index (χ1v) is 11.7. The number of unbranched alkanes of at least 4 members (excludes halogenated alkanes) is 1. The van der Waals surface area contributed by atoms with Crippen LogP contribution in [0.5, 0.6) is 11.5 Å². The minimum atomic E-state index is -0.412. The van der Waals surface area contributed by atoms with Crippen molar-refractivity contribution in [1.82, 2.24) is 14.7 Å². The van der Waals surface area contributed by atoms with Crippen LogP contribution < -0.4 is 20.3 Å². The molecule has 2 heterocycles. The van der Waals surface area contributed by atoms with Gasteiger partial charge in [-0.2, -0.15) is 4.98 Å². The summed E-state index contributed by atoms with van der Waals surface area (Å²) in [5, 5.41) is 6.83. The summed E-state index contributed by atoms with van der Waals surface area (Å²) in [5.41, 5.74) is 2.33. The van der Waals surface area contributed by atoms with Gasteiger partial charge in [0.05, 0.1) is 14.2 Å². The van der Waals surface area contributed by atoms with Crippen molar-refractivity contribution in [2.24, 2.45) is 0 Å². The van der Waals surface area contributed by atoms with Crippen molar-refractivity contribution in [3.05, 3.63) is 76.7 Å². The molecule has 0 unspecified atom stereocenters. The van der Waals surface area contributed by atoms with E-state index in [2.05, 4.69) is 22.4 Å². The standard InChI is InChI=1S/C27H28N4O5/c1-4-5-7-18-9-12-20(13-10-18)28-24(32)17-31-15-6-8-21(27(31)33)26-29-25(30-36-26)19-11-14-22(34-2)23(16-19)35-3/h6,8-16H,4-5,7,17H2,1-3H3,(H,28,32). The van der Waals surface area contributed by atoms with Crippen LogP contribution in [0.1, 0.15) is 25.3 Å². The van der Waals surface area contributed by atoms with Gasteiger partial charge >= 0.3 is 0 Å². The highest BCUT2D eigenvalue weighted by Crippen LogP contribution is 2.31. The van der Waals surface area contributed by atoms with Crippen molar-refractivity contribution in [2.45, 2.75) is 32.7 Å². The number of methoxy groups -OCH3 is 2. The highest BCUT2D eigenvalue weighted by Gasteiger charge is 2.17. The molecule has 0 aliphatic rings. The molecule has 0 aliphatic carbocycles. The predicted molar refractivity (Wildman–Crippen MR) is 136 cm³/mol. The number of aryl methyl sites for hydroxylation is 1. The lowest BCUT2D eigenvalue weighted by Crippen LogP contribution is -2.28. The van der Waals surface area contributed by atoms with E-state index >= 15 is 0 Å². The molecule has 0 saturated carbocycles. The molecule has 0 fully saturated rings. The number of hydrogen-bond donors (Lipinski definition) is 1. The first kappa shape index (κ1) is 24.7. The zero-order chi connectivity index (χ0) is 25.5. The molecule has 0 radical (unpaired) electrons. The Morgan fingerprint density at radius 2 is 1.83 bits per heavy atom. The minimum absolute atomic E-state index is 0.0576. The largest absolute Gasteiger partial charge is 0.493 e. The van der Waals surface area contributed by atoms with Gasteiger partial charge in [-0.25, -0.2) is 0 Å². The third-order valence-electron chi connectivity index (χ3n) is 5.69. The van der Waals surface area contributed by atoms with Crippen LogP contribution in [0.2, 0.25) is 0 Å². The van der Waals surface area contributed by atoms with Crippen LogP contribution in [0, 0.1) is 0 Å². The van der Waals surface area contributed by atoms with Crippen molar-refractivity contribution in [2.75, 3.05) is 19.5 Å².